The molecule has 1 fully saturated rings. The molecule has 3 rings (SSSR count). The van der Waals surface area contributed by atoms with Crippen LogP contribution in [0.2, 0.25) is 0 Å². The summed E-state index contributed by atoms with van der Waals surface area (Å²) in [4.78, 5) is 7.10. The smallest absolute Gasteiger partial charge is 0.191 e. The number of benzene rings is 1. The zero-order chi connectivity index (χ0) is 21.2. The van der Waals surface area contributed by atoms with Gasteiger partial charge in [-0.2, -0.15) is 0 Å². The highest BCUT2D eigenvalue weighted by molar-refractivity contribution is 5.79. The zero-order valence-corrected chi connectivity index (χ0v) is 17.9. The van der Waals surface area contributed by atoms with E-state index in [0.29, 0.717) is 13.1 Å². The van der Waals surface area contributed by atoms with E-state index in [1.54, 1.807) is 0 Å². The highest BCUT2D eigenvalue weighted by atomic mass is 19.1. The molecule has 0 bridgehead atoms. The highest BCUT2D eigenvalue weighted by Crippen LogP contribution is 2.03. The van der Waals surface area contributed by atoms with E-state index in [-0.39, 0.29) is 5.82 Å². The second kappa shape index (κ2) is 11.6. The van der Waals surface area contributed by atoms with Crippen LogP contribution in [0.4, 0.5) is 4.39 Å². The third kappa shape index (κ3) is 7.07. The van der Waals surface area contributed by atoms with Gasteiger partial charge in [-0.3, -0.25) is 4.90 Å². The second-order valence-electron chi connectivity index (χ2n) is 7.42. The van der Waals surface area contributed by atoms with Crippen LogP contribution in [0.5, 0.6) is 0 Å². The van der Waals surface area contributed by atoms with Crippen LogP contribution in [0, 0.1) is 12.7 Å². The Kier molecular flexibility index (Phi) is 8.58. The molecule has 30 heavy (non-hydrogen) atoms. The molecule has 0 radical (unpaired) electrons. The summed E-state index contributed by atoms with van der Waals surface area (Å²) in [7, 11) is 1.94. The molecule has 1 aliphatic heterocycles. The lowest BCUT2D eigenvalue weighted by atomic mass is 10.1. The molecule has 1 aliphatic rings. The zero-order valence-electron chi connectivity index (χ0n) is 17.9. The Balaban J connectivity index is 1.49. The molecule has 1 saturated heterocycles. The van der Waals surface area contributed by atoms with Crippen LogP contribution in [-0.4, -0.2) is 71.6 Å². The van der Waals surface area contributed by atoms with Gasteiger partial charge < -0.3 is 19.9 Å². The van der Waals surface area contributed by atoms with Crippen LogP contribution in [0.3, 0.4) is 0 Å². The summed E-state index contributed by atoms with van der Waals surface area (Å²) in [6, 6.07) is 6.60. The first-order chi connectivity index (χ1) is 14.6. The molecular formula is C21H32FN7O. The number of aryl methyl sites for hydroxylation is 1. The van der Waals surface area contributed by atoms with Gasteiger partial charge in [-0.05, 0) is 44.0 Å². The van der Waals surface area contributed by atoms with Gasteiger partial charge in [0.05, 0.1) is 13.2 Å². The minimum Gasteiger partial charge on any atom is -0.379 e. The molecular weight excluding hydrogens is 385 g/mol. The third-order valence-corrected chi connectivity index (χ3v) is 5.23. The number of morpholine rings is 1. The van der Waals surface area contributed by atoms with Gasteiger partial charge >= 0.3 is 0 Å². The summed E-state index contributed by atoms with van der Waals surface area (Å²) in [5.74, 6) is 2.22. The van der Waals surface area contributed by atoms with Crippen molar-refractivity contribution in [3.63, 3.8) is 0 Å². The van der Waals surface area contributed by atoms with Gasteiger partial charge in [-0.25, -0.2) is 9.38 Å². The van der Waals surface area contributed by atoms with E-state index < -0.39 is 0 Å². The molecule has 0 amide bonds. The summed E-state index contributed by atoms with van der Waals surface area (Å²) in [5.41, 5.74) is 1.08. The molecule has 1 aromatic carbocycles. The Morgan fingerprint density at radius 2 is 1.87 bits per heavy atom. The SMILES string of the molecule is Cc1nnc(CN=C(NCCCN2CCOCC2)NCCc2ccc(F)cc2)n1C. The van der Waals surface area contributed by atoms with Crippen molar-refractivity contribution in [2.24, 2.45) is 12.0 Å². The van der Waals surface area contributed by atoms with Crippen molar-refractivity contribution < 1.29 is 9.13 Å². The van der Waals surface area contributed by atoms with Crippen molar-refractivity contribution in [1.82, 2.24) is 30.3 Å². The maximum absolute atomic E-state index is 13.1. The molecule has 2 aromatic rings. The van der Waals surface area contributed by atoms with Crippen LogP contribution < -0.4 is 10.6 Å². The van der Waals surface area contributed by atoms with Crippen LogP contribution in [0.25, 0.3) is 0 Å². The van der Waals surface area contributed by atoms with Gasteiger partial charge in [0.25, 0.3) is 0 Å². The average molecular weight is 418 g/mol. The number of nitrogens with zero attached hydrogens (tertiary/aromatic N) is 5. The average Bonchev–Trinajstić information content (AvgIpc) is 3.08. The van der Waals surface area contributed by atoms with E-state index in [1.165, 1.54) is 12.1 Å². The van der Waals surface area contributed by atoms with Crippen molar-refractivity contribution in [1.29, 1.82) is 0 Å². The number of hydrogen-bond donors (Lipinski definition) is 2. The first-order valence-electron chi connectivity index (χ1n) is 10.5. The molecule has 0 spiro atoms. The first-order valence-corrected chi connectivity index (χ1v) is 10.5. The normalized spacial score (nSPS) is 15.4. The minimum atomic E-state index is -0.213. The Labute approximate surface area is 177 Å². The van der Waals surface area contributed by atoms with Crippen LogP contribution >= 0.6 is 0 Å². The molecule has 1 aromatic heterocycles. The van der Waals surface area contributed by atoms with Crippen molar-refractivity contribution in [3.8, 4) is 0 Å². The van der Waals surface area contributed by atoms with Gasteiger partial charge in [-0.15, -0.1) is 10.2 Å². The molecule has 2 N–H and O–H groups in total. The van der Waals surface area contributed by atoms with Gasteiger partial charge in [0.2, 0.25) is 0 Å². The fraction of sp³-hybridized carbons (Fsp3) is 0.571. The largest absolute Gasteiger partial charge is 0.379 e. The summed E-state index contributed by atoms with van der Waals surface area (Å²) >= 11 is 0. The number of aliphatic imine (C=N–C) groups is 1. The maximum atomic E-state index is 13.1. The van der Waals surface area contributed by atoms with Gasteiger partial charge in [0, 0.05) is 33.2 Å². The Morgan fingerprint density at radius 1 is 1.13 bits per heavy atom. The standard InChI is InChI=1S/C21H32FN7O/c1-17-26-27-20(28(17)2)16-25-21(23-9-3-11-29-12-14-30-15-13-29)24-10-8-18-4-6-19(22)7-5-18/h4-7H,3,8-16H2,1-2H3,(H2,23,24,25). The van der Waals surface area contributed by atoms with Gasteiger partial charge in [0.1, 0.15) is 18.2 Å². The highest BCUT2D eigenvalue weighted by Gasteiger charge is 2.10. The summed E-state index contributed by atoms with van der Waals surface area (Å²) in [5, 5.41) is 15.1. The van der Waals surface area contributed by atoms with E-state index in [0.717, 1.165) is 75.4 Å². The topological polar surface area (TPSA) is 79.6 Å². The van der Waals surface area contributed by atoms with Crippen molar-refractivity contribution in [2.75, 3.05) is 45.9 Å². The van der Waals surface area contributed by atoms with Crippen LogP contribution in [-0.2, 0) is 24.8 Å². The van der Waals surface area contributed by atoms with Crippen LogP contribution in [0.15, 0.2) is 29.3 Å². The number of rotatable bonds is 9. The molecule has 0 unspecified atom stereocenters. The lowest BCUT2D eigenvalue weighted by molar-refractivity contribution is 0.0376. The predicted molar refractivity (Wildman–Crippen MR) is 115 cm³/mol. The lowest BCUT2D eigenvalue weighted by Gasteiger charge is -2.26. The lowest BCUT2D eigenvalue weighted by Crippen LogP contribution is -2.41. The Hall–Kier alpha value is -2.52. The molecule has 164 valence electrons. The molecule has 0 aliphatic carbocycles. The number of ether oxygens (including phenoxy) is 1. The third-order valence-electron chi connectivity index (χ3n) is 5.23. The maximum Gasteiger partial charge on any atom is 0.191 e. The number of guanidine groups is 1. The molecule has 2 heterocycles. The molecule has 0 saturated carbocycles. The van der Waals surface area contributed by atoms with E-state index in [1.807, 2.05) is 30.7 Å². The molecule has 0 atom stereocenters. The van der Waals surface area contributed by atoms with Gasteiger partial charge in [-0.1, -0.05) is 12.1 Å². The second-order valence-corrected chi connectivity index (χ2v) is 7.42. The minimum absolute atomic E-state index is 0.213. The predicted octanol–water partition coefficient (Wildman–Crippen LogP) is 1.26. The van der Waals surface area contributed by atoms with Crippen molar-refractivity contribution >= 4 is 5.96 Å². The number of aromatic nitrogens is 3. The number of halogens is 1. The van der Waals surface area contributed by atoms with E-state index in [2.05, 4.69) is 30.7 Å². The number of hydrogen-bond acceptors (Lipinski definition) is 5. The molecule has 9 heteroatoms. The molecule has 8 nitrogen and oxygen atoms in total. The Morgan fingerprint density at radius 3 is 2.57 bits per heavy atom. The Bertz CT molecular complexity index is 800. The van der Waals surface area contributed by atoms with Crippen LogP contribution in [0.1, 0.15) is 23.6 Å². The fourth-order valence-electron chi connectivity index (χ4n) is 3.22. The summed E-state index contributed by atoms with van der Waals surface area (Å²) in [6.45, 7) is 8.60. The first kappa shape index (κ1) is 22.2. The van der Waals surface area contributed by atoms with Crippen molar-refractivity contribution in [3.05, 3.63) is 47.3 Å². The monoisotopic (exact) mass is 417 g/mol. The summed E-state index contributed by atoms with van der Waals surface area (Å²) in [6.07, 6.45) is 1.82. The van der Waals surface area contributed by atoms with E-state index in [4.69, 9.17) is 4.74 Å². The summed E-state index contributed by atoms with van der Waals surface area (Å²) < 4.78 is 20.4. The van der Waals surface area contributed by atoms with E-state index in [9.17, 15) is 4.39 Å². The van der Waals surface area contributed by atoms with Crippen molar-refractivity contribution in [2.45, 2.75) is 26.3 Å². The fourth-order valence-corrected chi connectivity index (χ4v) is 3.22. The quantitative estimate of drug-likeness (QED) is 0.363. The van der Waals surface area contributed by atoms with E-state index >= 15 is 0 Å². The number of nitrogens with one attached hydrogen (secondary N) is 2. The van der Waals surface area contributed by atoms with Gasteiger partial charge in [0.15, 0.2) is 11.8 Å².